The number of carbonyl (C=O) groups excluding carboxylic acids is 1. The minimum atomic E-state index is 0.310. The number of Topliss-reactive ketones (excluding diaryl/α,β-unsaturated/α-hetero) is 1. The highest BCUT2D eigenvalue weighted by Crippen LogP contribution is 2.05. The maximum absolute atomic E-state index is 10.8. The summed E-state index contributed by atoms with van der Waals surface area (Å²) in [6, 6.07) is 0. The van der Waals surface area contributed by atoms with E-state index in [0.29, 0.717) is 5.78 Å². The number of carbonyl (C=O) groups is 1. The Kier molecular flexibility index (Phi) is 7.77. The van der Waals surface area contributed by atoms with Gasteiger partial charge in [-0.05, 0) is 32.4 Å². The van der Waals surface area contributed by atoms with E-state index in [2.05, 4.69) is 25.7 Å². The first-order chi connectivity index (χ1) is 6.60. The predicted octanol–water partition coefficient (Wildman–Crippen LogP) is 2.72. The van der Waals surface area contributed by atoms with Crippen molar-refractivity contribution in [3.63, 3.8) is 0 Å². The minimum Gasteiger partial charge on any atom is -0.303 e. The van der Waals surface area contributed by atoms with Crippen LogP contribution in [0.1, 0.15) is 47.0 Å². The summed E-state index contributed by atoms with van der Waals surface area (Å²) in [6.45, 7) is 11.7. The molecule has 1 atom stereocenters. The van der Waals surface area contributed by atoms with Gasteiger partial charge in [-0.1, -0.05) is 27.2 Å². The van der Waals surface area contributed by atoms with Crippen LogP contribution in [0.4, 0.5) is 0 Å². The van der Waals surface area contributed by atoms with Gasteiger partial charge in [-0.15, -0.1) is 0 Å². The normalized spacial score (nSPS) is 13.2. The van der Waals surface area contributed by atoms with E-state index < -0.39 is 0 Å². The summed E-state index contributed by atoms with van der Waals surface area (Å²) in [7, 11) is 0. The fourth-order valence-electron chi connectivity index (χ4n) is 1.50. The Morgan fingerprint density at radius 1 is 1.36 bits per heavy atom. The largest absolute Gasteiger partial charge is 0.303 e. The molecule has 84 valence electrons. The average molecular weight is 199 g/mol. The van der Waals surface area contributed by atoms with Crippen LogP contribution < -0.4 is 0 Å². The van der Waals surface area contributed by atoms with Crippen LogP contribution in [0.25, 0.3) is 0 Å². The van der Waals surface area contributed by atoms with Crippen molar-refractivity contribution >= 4 is 5.78 Å². The van der Waals surface area contributed by atoms with Crippen molar-refractivity contribution in [3.05, 3.63) is 0 Å². The van der Waals surface area contributed by atoms with E-state index in [1.165, 1.54) is 13.0 Å². The number of hydrogen-bond acceptors (Lipinski definition) is 2. The van der Waals surface area contributed by atoms with Gasteiger partial charge in [-0.25, -0.2) is 0 Å². The molecule has 2 nitrogen and oxygen atoms in total. The zero-order valence-electron chi connectivity index (χ0n) is 10.2. The molecule has 0 saturated carbocycles. The fraction of sp³-hybridized carbons (Fsp3) is 0.917. The van der Waals surface area contributed by atoms with Crippen LogP contribution in [-0.4, -0.2) is 30.3 Å². The number of nitrogens with zero attached hydrogens (tertiary/aromatic N) is 1. The second-order valence-electron chi connectivity index (χ2n) is 4.21. The Bertz CT molecular complexity index is 156. The smallest absolute Gasteiger partial charge is 0.129 e. The minimum absolute atomic E-state index is 0.310. The summed E-state index contributed by atoms with van der Waals surface area (Å²) < 4.78 is 0. The van der Waals surface area contributed by atoms with Gasteiger partial charge in [-0.3, -0.25) is 0 Å². The molecule has 0 bridgehead atoms. The van der Waals surface area contributed by atoms with Gasteiger partial charge >= 0.3 is 0 Å². The van der Waals surface area contributed by atoms with Crippen LogP contribution in [0, 0.1) is 5.92 Å². The summed E-state index contributed by atoms with van der Waals surface area (Å²) in [5.74, 6) is 1.08. The van der Waals surface area contributed by atoms with Crippen LogP contribution in [0.15, 0.2) is 0 Å². The van der Waals surface area contributed by atoms with Crippen molar-refractivity contribution in [2.75, 3.05) is 19.6 Å². The molecule has 14 heavy (non-hydrogen) atoms. The molecule has 0 aromatic rings. The Balaban J connectivity index is 3.62. The zero-order chi connectivity index (χ0) is 11.0. The molecule has 0 spiro atoms. The summed E-state index contributed by atoms with van der Waals surface area (Å²) in [5, 5.41) is 0. The average Bonchev–Trinajstić information content (AvgIpc) is 2.15. The van der Waals surface area contributed by atoms with Crippen molar-refractivity contribution in [2.24, 2.45) is 5.92 Å². The van der Waals surface area contributed by atoms with Crippen molar-refractivity contribution in [1.82, 2.24) is 4.90 Å². The molecular weight excluding hydrogens is 174 g/mol. The fourth-order valence-corrected chi connectivity index (χ4v) is 1.50. The molecule has 0 aliphatic carbocycles. The van der Waals surface area contributed by atoms with E-state index in [1.54, 1.807) is 6.92 Å². The number of rotatable bonds is 8. The molecule has 0 heterocycles. The molecule has 0 saturated heterocycles. The van der Waals surface area contributed by atoms with Gasteiger partial charge in [-0.2, -0.15) is 0 Å². The summed E-state index contributed by atoms with van der Waals surface area (Å²) >= 11 is 0. The second kappa shape index (κ2) is 7.98. The summed E-state index contributed by atoms with van der Waals surface area (Å²) in [5.41, 5.74) is 0. The van der Waals surface area contributed by atoms with Gasteiger partial charge in [0.05, 0.1) is 0 Å². The zero-order valence-corrected chi connectivity index (χ0v) is 10.2. The molecule has 0 amide bonds. The highest BCUT2D eigenvalue weighted by atomic mass is 16.1. The van der Waals surface area contributed by atoms with Gasteiger partial charge in [0, 0.05) is 13.0 Å². The van der Waals surface area contributed by atoms with Gasteiger partial charge in [0.2, 0.25) is 0 Å². The Morgan fingerprint density at radius 2 is 2.00 bits per heavy atom. The SMILES string of the molecule is CCC(C)CN(CC)CCCC(C)=O. The molecule has 1 unspecified atom stereocenters. The van der Waals surface area contributed by atoms with Gasteiger partial charge in [0.1, 0.15) is 5.78 Å². The van der Waals surface area contributed by atoms with E-state index in [9.17, 15) is 4.79 Å². The third kappa shape index (κ3) is 7.07. The number of ketones is 1. The standard InChI is InChI=1S/C12H25NO/c1-5-11(3)10-13(6-2)9-7-8-12(4)14/h11H,5-10H2,1-4H3. The van der Waals surface area contributed by atoms with Crippen molar-refractivity contribution < 1.29 is 4.79 Å². The molecule has 0 aliphatic heterocycles. The Hall–Kier alpha value is -0.370. The van der Waals surface area contributed by atoms with Crippen molar-refractivity contribution in [1.29, 1.82) is 0 Å². The maximum Gasteiger partial charge on any atom is 0.129 e. The lowest BCUT2D eigenvalue weighted by atomic mass is 10.1. The molecule has 2 heteroatoms. The lowest BCUT2D eigenvalue weighted by molar-refractivity contribution is -0.117. The first-order valence-electron chi connectivity index (χ1n) is 5.81. The quantitative estimate of drug-likeness (QED) is 0.599. The van der Waals surface area contributed by atoms with Gasteiger partial charge in [0.25, 0.3) is 0 Å². The second-order valence-corrected chi connectivity index (χ2v) is 4.21. The van der Waals surface area contributed by atoms with Crippen LogP contribution in [0.5, 0.6) is 0 Å². The van der Waals surface area contributed by atoms with Crippen molar-refractivity contribution in [2.45, 2.75) is 47.0 Å². The van der Waals surface area contributed by atoms with Crippen LogP contribution in [-0.2, 0) is 4.79 Å². The third-order valence-electron chi connectivity index (χ3n) is 2.72. The Labute approximate surface area is 88.7 Å². The molecule has 0 N–H and O–H groups in total. The molecule has 0 aliphatic rings. The third-order valence-corrected chi connectivity index (χ3v) is 2.72. The van der Waals surface area contributed by atoms with Gasteiger partial charge < -0.3 is 9.69 Å². The molecule has 0 aromatic heterocycles. The number of hydrogen-bond donors (Lipinski definition) is 0. The van der Waals surface area contributed by atoms with E-state index in [0.717, 1.165) is 31.8 Å². The first kappa shape index (κ1) is 13.6. The topological polar surface area (TPSA) is 20.3 Å². The van der Waals surface area contributed by atoms with Crippen LogP contribution in [0.3, 0.4) is 0 Å². The van der Waals surface area contributed by atoms with E-state index in [4.69, 9.17) is 0 Å². The van der Waals surface area contributed by atoms with E-state index in [1.807, 2.05) is 0 Å². The highest BCUT2D eigenvalue weighted by molar-refractivity contribution is 5.75. The molecular formula is C12H25NO. The van der Waals surface area contributed by atoms with E-state index >= 15 is 0 Å². The molecule has 0 aromatic carbocycles. The predicted molar refractivity (Wildman–Crippen MR) is 61.5 cm³/mol. The lowest BCUT2D eigenvalue weighted by Gasteiger charge is -2.23. The van der Waals surface area contributed by atoms with Crippen LogP contribution in [0.2, 0.25) is 0 Å². The molecule has 0 rings (SSSR count). The van der Waals surface area contributed by atoms with Crippen molar-refractivity contribution in [3.8, 4) is 0 Å². The summed E-state index contributed by atoms with van der Waals surface area (Å²) in [4.78, 5) is 13.2. The summed E-state index contributed by atoms with van der Waals surface area (Å²) in [6.07, 6.45) is 2.99. The van der Waals surface area contributed by atoms with Crippen LogP contribution >= 0.6 is 0 Å². The lowest BCUT2D eigenvalue weighted by Crippen LogP contribution is -2.29. The first-order valence-corrected chi connectivity index (χ1v) is 5.81. The van der Waals surface area contributed by atoms with Gasteiger partial charge in [0.15, 0.2) is 0 Å². The molecule has 0 radical (unpaired) electrons. The van der Waals surface area contributed by atoms with E-state index in [-0.39, 0.29) is 0 Å². The monoisotopic (exact) mass is 199 g/mol. The Morgan fingerprint density at radius 3 is 2.43 bits per heavy atom. The molecule has 0 fully saturated rings. The highest BCUT2D eigenvalue weighted by Gasteiger charge is 2.06. The maximum atomic E-state index is 10.8.